The summed E-state index contributed by atoms with van der Waals surface area (Å²) in [4.78, 5) is 24.3. The maximum absolute atomic E-state index is 13.7. The highest BCUT2D eigenvalue weighted by molar-refractivity contribution is 5.94. The summed E-state index contributed by atoms with van der Waals surface area (Å²) in [7, 11) is 0. The smallest absolute Gasteiger partial charge is 0.319 e. The molecule has 30 heavy (non-hydrogen) atoms. The zero-order valence-corrected chi connectivity index (χ0v) is 16.5. The summed E-state index contributed by atoms with van der Waals surface area (Å²) in [6.45, 7) is 0.0942. The molecule has 0 spiro atoms. The molecule has 1 aliphatic rings. The van der Waals surface area contributed by atoms with Gasteiger partial charge < -0.3 is 25.8 Å². The molecular formula is C22H26FN3O4. The fourth-order valence-electron chi connectivity index (χ4n) is 3.45. The molecule has 2 aromatic rings. The maximum atomic E-state index is 13.7. The topological polar surface area (TPSA) is 99.7 Å². The van der Waals surface area contributed by atoms with Crippen molar-refractivity contribution < 1.29 is 23.8 Å². The normalized spacial score (nSPS) is 20.9. The molecule has 0 unspecified atom stereocenters. The molecule has 7 nitrogen and oxygen atoms in total. The van der Waals surface area contributed by atoms with Gasteiger partial charge in [0.25, 0.3) is 5.91 Å². The van der Waals surface area contributed by atoms with Gasteiger partial charge in [-0.05, 0) is 43.5 Å². The molecule has 3 rings (SSSR count). The zero-order chi connectivity index (χ0) is 21.3. The van der Waals surface area contributed by atoms with Crippen LogP contribution < -0.4 is 16.0 Å². The summed E-state index contributed by atoms with van der Waals surface area (Å²) in [6, 6.07) is 14.2. The van der Waals surface area contributed by atoms with Crippen molar-refractivity contribution in [3.8, 4) is 0 Å². The summed E-state index contributed by atoms with van der Waals surface area (Å²) >= 11 is 0. The zero-order valence-electron chi connectivity index (χ0n) is 16.5. The van der Waals surface area contributed by atoms with Crippen molar-refractivity contribution >= 4 is 17.6 Å². The number of para-hydroxylation sites is 1. The van der Waals surface area contributed by atoms with E-state index in [-0.39, 0.29) is 30.3 Å². The second-order valence-corrected chi connectivity index (χ2v) is 7.15. The molecule has 1 fully saturated rings. The van der Waals surface area contributed by atoms with E-state index in [1.165, 1.54) is 18.2 Å². The van der Waals surface area contributed by atoms with Crippen LogP contribution in [0.1, 0.15) is 29.6 Å². The van der Waals surface area contributed by atoms with Gasteiger partial charge in [-0.15, -0.1) is 0 Å². The molecule has 3 atom stereocenters. The van der Waals surface area contributed by atoms with Crippen LogP contribution in [0, 0.1) is 5.82 Å². The number of rotatable bonds is 7. The summed E-state index contributed by atoms with van der Waals surface area (Å²) < 4.78 is 19.5. The molecule has 4 N–H and O–H groups in total. The predicted molar refractivity (Wildman–Crippen MR) is 111 cm³/mol. The number of carbonyl (C=O) groups is 2. The van der Waals surface area contributed by atoms with Crippen LogP contribution in [0.15, 0.2) is 54.6 Å². The first-order chi connectivity index (χ1) is 14.6. The van der Waals surface area contributed by atoms with E-state index in [9.17, 15) is 19.1 Å². The molecule has 0 radical (unpaired) electrons. The van der Waals surface area contributed by atoms with Crippen molar-refractivity contribution in [1.82, 2.24) is 10.6 Å². The van der Waals surface area contributed by atoms with Crippen molar-refractivity contribution in [2.24, 2.45) is 0 Å². The first-order valence-electron chi connectivity index (χ1n) is 9.98. The number of amides is 3. The molecule has 1 heterocycles. The molecule has 160 valence electrons. The lowest BCUT2D eigenvalue weighted by Crippen LogP contribution is -2.52. The minimum absolute atomic E-state index is 0.00369. The number of anilines is 1. The second kappa shape index (κ2) is 10.7. The number of ether oxygens (including phenoxy) is 1. The molecule has 0 aliphatic carbocycles. The fourth-order valence-corrected chi connectivity index (χ4v) is 3.45. The summed E-state index contributed by atoms with van der Waals surface area (Å²) in [5.41, 5.74) is 0.680. The highest BCUT2D eigenvalue weighted by Crippen LogP contribution is 2.22. The first-order valence-corrected chi connectivity index (χ1v) is 9.98. The Morgan fingerprint density at radius 1 is 1.07 bits per heavy atom. The Morgan fingerprint density at radius 3 is 2.53 bits per heavy atom. The summed E-state index contributed by atoms with van der Waals surface area (Å²) in [6.07, 6.45) is 1.13. The second-order valence-electron chi connectivity index (χ2n) is 7.15. The molecule has 2 aromatic carbocycles. The third-order valence-corrected chi connectivity index (χ3v) is 5.01. The number of carbonyl (C=O) groups excluding carboxylic acids is 2. The monoisotopic (exact) mass is 415 g/mol. The number of aliphatic hydroxyl groups is 1. The molecule has 1 saturated heterocycles. The van der Waals surface area contributed by atoms with Crippen LogP contribution >= 0.6 is 0 Å². The number of halogens is 1. The van der Waals surface area contributed by atoms with Crippen LogP contribution in [0.3, 0.4) is 0 Å². The van der Waals surface area contributed by atoms with E-state index in [2.05, 4.69) is 16.0 Å². The van der Waals surface area contributed by atoms with E-state index in [4.69, 9.17) is 4.74 Å². The first kappa shape index (κ1) is 21.7. The van der Waals surface area contributed by atoms with Crippen molar-refractivity contribution in [2.75, 3.05) is 18.5 Å². The van der Waals surface area contributed by atoms with Gasteiger partial charge in [-0.25, -0.2) is 9.18 Å². The molecule has 3 amide bonds. The molecule has 0 bridgehead atoms. The molecular weight excluding hydrogens is 389 g/mol. The molecule has 0 saturated carbocycles. The van der Waals surface area contributed by atoms with Gasteiger partial charge in [0.1, 0.15) is 11.9 Å². The van der Waals surface area contributed by atoms with Gasteiger partial charge in [0.2, 0.25) is 0 Å². The Balaban J connectivity index is 1.43. The van der Waals surface area contributed by atoms with E-state index in [0.29, 0.717) is 31.5 Å². The number of benzene rings is 2. The number of hydrogen-bond donors (Lipinski definition) is 4. The Morgan fingerprint density at radius 2 is 1.80 bits per heavy atom. The number of aliphatic hydroxyl groups excluding tert-OH is 1. The van der Waals surface area contributed by atoms with Gasteiger partial charge in [0.15, 0.2) is 0 Å². The maximum Gasteiger partial charge on any atom is 0.319 e. The molecule has 1 aliphatic heterocycles. The van der Waals surface area contributed by atoms with Gasteiger partial charge in [0.05, 0.1) is 24.3 Å². The van der Waals surface area contributed by atoms with E-state index in [0.717, 1.165) is 0 Å². The fraction of sp³-hybridized carbons (Fsp3) is 0.364. The average Bonchev–Trinajstić information content (AvgIpc) is 2.75. The van der Waals surface area contributed by atoms with Crippen molar-refractivity contribution in [2.45, 2.75) is 37.5 Å². The number of urea groups is 1. The summed E-state index contributed by atoms with van der Waals surface area (Å²) in [5, 5.41) is 17.9. The van der Waals surface area contributed by atoms with Gasteiger partial charge in [-0.2, -0.15) is 0 Å². The largest absolute Gasteiger partial charge is 0.394 e. The van der Waals surface area contributed by atoms with Crippen molar-refractivity contribution in [3.63, 3.8) is 0 Å². The van der Waals surface area contributed by atoms with Crippen LogP contribution in [-0.4, -0.2) is 48.4 Å². The Labute approximate surface area is 174 Å². The standard InChI is InChI=1S/C22H26FN3O4/c23-18-9-5-4-8-17(18)21(28)24-13-12-16-10-11-19(20(14-27)30-16)26-22(29)25-15-6-2-1-3-7-15/h1-9,16,19-20,27H,10-14H2,(H,24,28)(H2,25,26,29)/t16-,19-,20-/m1/s1. The lowest BCUT2D eigenvalue weighted by molar-refractivity contribution is -0.0886. The van der Waals surface area contributed by atoms with Gasteiger partial charge in [0, 0.05) is 12.2 Å². The number of nitrogens with one attached hydrogen (secondary N) is 3. The van der Waals surface area contributed by atoms with Gasteiger partial charge in [-0.1, -0.05) is 30.3 Å². The lowest BCUT2D eigenvalue weighted by Gasteiger charge is -2.36. The van der Waals surface area contributed by atoms with Crippen LogP contribution in [0.5, 0.6) is 0 Å². The van der Waals surface area contributed by atoms with Crippen molar-refractivity contribution in [3.05, 3.63) is 66.0 Å². The third kappa shape index (κ3) is 6.01. The minimum atomic E-state index is -0.563. The van der Waals surface area contributed by atoms with Crippen LogP contribution in [0.4, 0.5) is 14.9 Å². The lowest BCUT2D eigenvalue weighted by atomic mass is 9.97. The SMILES string of the molecule is O=C(Nc1ccccc1)N[C@@H]1CC[C@H](CCNC(=O)c2ccccc2F)O[C@@H]1CO. The minimum Gasteiger partial charge on any atom is -0.394 e. The quantitative estimate of drug-likeness (QED) is 0.559. The van der Waals surface area contributed by atoms with Crippen molar-refractivity contribution in [1.29, 1.82) is 0 Å². The van der Waals surface area contributed by atoms with Gasteiger partial charge >= 0.3 is 6.03 Å². The highest BCUT2D eigenvalue weighted by Gasteiger charge is 2.31. The Kier molecular flexibility index (Phi) is 7.75. The van der Waals surface area contributed by atoms with Gasteiger partial charge in [-0.3, -0.25) is 4.79 Å². The average molecular weight is 415 g/mol. The predicted octanol–water partition coefficient (Wildman–Crippen LogP) is 2.68. The molecule has 8 heteroatoms. The van der Waals surface area contributed by atoms with Crippen LogP contribution in [0.25, 0.3) is 0 Å². The Bertz CT molecular complexity index is 849. The van der Waals surface area contributed by atoms with E-state index >= 15 is 0 Å². The van der Waals surface area contributed by atoms with Crippen LogP contribution in [-0.2, 0) is 4.74 Å². The Hall–Kier alpha value is -2.97. The third-order valence-electron chi connectivity index (χ3n) is 5.01. The number of hydrogen-bond acceptors (Lipinski definition) is 4. The van der Waals surface area contributed by atoms with E-state index in [1.54, 1.807) is 18.2 Å². The van der Waals surface area contributed by atoms with E-state index in [1.807, 2.05) is 18.2 Å². The van der Waals surface area contributed by atoms with Crippen LogP contribution in [0.2, 0.25) is 0 Å². The summed E-state index contributed by atoms with van der Waals surface area (Å²) in [5.74, 6) is -1.04. The molecule has 0 aromatic heterocycles. The van der Waals surface area contributed by atoms with E-state index < -0.39 is 17.8 Å². The highest BCUT2D eigenvalue weighted by atomic mass is 19.1.